The van der Waals surface area contributed by atoms with Gasteiger partial charge in [-0.1, -0.05) is 60.7 Å². The largest absolute Gasteiger partial charge is 0.295 e. The lowest BCUT2D eigenvalue weighted by Crippen LogP contribution is -2.36. The summed E-state index contributed by atoms with van der Waals surface area (Å²) in [6.45, 7) is 9.53. The fourth-order valence-electron chi connectivity index (χ4n) is 3.84. The maximum Gasteiger partial charge on any atom is 0.117 e. The first-order chi connectivity index (χ1) is 12.6. The summed E-state index contributed by atoms with van der Waals surface area (Å²) < 4.78 is 2.10. The van der Waals surface area contributed by atoms with Crippen molar-refractivity contribution in [1.82, 2.24) is 19.9 Å². The highest BCUT2D eigenvalue weighted by atomic mass is 15.4. The number of nitrogens with zero attached hydrogens (tertiary/aromatic N) is 4. The summed E-state index contributed by atoms with van der Waals surface area (Å²) in [5.41, 5.74) is 4.75. The lowest BCUT2D eigenvalue weighted by molar-refractivity contribution is 0.250. The van der Waals surface area contributed by atoms with E-state index in [4.69, 9.17) is 0 Å². The highest BCUT2D eigenvalue weighted by Gasteiger charge is 2.33. The van der Waals surface area contributed by atoms with E-state index < -0.39 is 0 Å². The molecule has 138 valence electrons. The van der Waals surface area contributed by atoms with E-state index in [-0.39, 0.29) is 18.0 Å². The van der Waals surface area contributed by atoms with Crippen molar-refractivity contribution in [1.29, 1.82) is 0 Å². The first-order valence-electron chi connectivity index (χ1n) is 9.61. The molecule has 1 aliphatic heterocycles. The zero-order valence-electron chi connectivity index (χ0n) is 16.6. The summed E-state index contributed by atoms with van der Waals surface area (Å²) in [6, 6.07) is 9.13. The molecule has 2 atom stereocenters. The predicted octanol–water partition coefficient (Wildman–Crippen LogP) is 4.97. The van der Waals surface area contributed by atoms with E-state index in [0.717, 1.165) is 18.7 Å². The highest BCUT2D eigenvalue weighted by molar-refractivity contribution is 5.67. The SMILES string of the molecule is C/C=C\C1C(/C=C\CC)c2c(nnn2C(C)C)-c2ccccc2CN1C. The molecule has 0 spiro atoms. The standard InChI is InChI=1S/C22H30N4/c1-6-8-13-19-20(11-7-2)25(5)15-17-12-9-10-14-18(17)21-22(19)26(16(3)4)24-23-21/h7-14,16,19-20H,6,15H2,1-5H3/b11-7-,13-8-. The maximum absolute atomic E-state index is 4.64. The van der Waals surface area contributed by atoms with Gasteiger partial charge < -0.3 is 0 Å². The number of aromatic nitrogens is 3. The molecule has 0 fully saturated rings. The van der Waals surface area contributed by atoms with E-state index in [1.54, 1.807) is 0 Å². The molecule has 0 N–H and O–H groups in total. The summed E-state index contributed by atoms with van der Waals surface area (Å²) >= 11 is 0. The van der Waals surface area contributed by atoms with Gasteiger partial charge in [0.2, 0.25) is 0 Å². The Morgan fingerprint density at radius 1 is 1.23 bits per heavy atom. The third-order valence-electron chi connectivity index (χ3n) is 5.07. The fourth-order valence-corrected chi connectivity index (χ4v) is 3.84. The van der Waals surface area contributed by atoms with Gasteiger partial charge in [-0.2, -0.15) is 0 Å². The summed E-state index contributed by atoms with van der Waals surface area (Å²) in [5, 5.41) is 9.18. The zero-order chi connectivity index (χ0) is 18.7. The molecule has 0 bridgehead atoms. The Morgan fingerprint density at radius 2 is 2.00 bits per heavy atom. The summed E-state index contributed by atoms with van der Waals surface area (Å²) in [7, 11) is 2.21. The molecule has 4 heteroatoms. The van der Waals surface area contributed by atoms with Crippen LogP contribution in [0.3, 0.4) is 0 Å². The Bertz CT molecular complexity index is 800. The van der Waals surface area contributed by atoms with Crippen molar-refractivity contribution in [3.63, 3.8) is 0 Å². The van der Waals surface area contributed by atoms with E-state index in [1.165, 1.54) is 16.8 Å². The highest BCUT2D eigenvalue weighted by Crippen LogP contribution is 2.38. The Hall–Kier alpha value is -2.20. The molecule has 0 amide bonds. The van der Waals surface area contributed by atoms with Crippen LogP contribution in [-0.2, 0) is 6.54 Å². The van der Waals surface area contributed by atoms with Gasteiger partial charge in [-0.3, -0.25) is 4.90 Å². The van der Waals surface area contributed by atoms with E-state index in [9.17, 15) is 0 Å². The fraction of sp³-hybridized carbons (Fsp3) is 0.455. The van der Waals surface area contributed by atoms with Gasteiger partial charge in [0.05, 0.1) is 5.69 Å². The molecule has 0 saturated carbocycles. The minimum absolute atomic E-state index is 0.219. The van der Waals surface area contributed by atoms with Crippen molar-refractivity contribution >= 4 is 0 Å². The monoisotopic (exact) mass is 350 g/mol. The van der Waals surface area contributed by atoms with Crippen LogP contribution in [0.5, 0.6) is 0 Å². The maximum atomic E-state index is 4.64. The Balaban J connectivity index is 2.30. The van der Waals surface area contributed by atoms with Gasteiger partial charge in [0, 0.05) is 30.1 Å². The molecule has 3 rings (SSSR count). The van der Waals surface area contributed by atoms with Gasteiger partial charge >= 0.3 is 0 Å². The van der Waals surface area contributed by atoms with Crippen molar-refractivity contribution < 1.29 is 0 Å². The minimum Gasteiger partial charge on any atom is -0.295 e. The minimum atomic E-state index is 0.219. The van der Waals surface area contributed by atoms with Crippen LogP contribution >= 0.6 is 0 Å². The molecule has 2 unspecified atom stereocenters. The smallest absolute Gasteiger partial charge is 0.117 e. The topological polar surface area (TPSA) is 34.0 Å². The van der Waals surface area contributed by atoms with E-state index in [0.29, 0.717) is 0 Å². The van der Waals surface area contributed by atoms with Crippen LogP contribution in [0.15, 0.2) is 48.6 Å². The molecule has 1 aromatic heterocycles. The number of benzene rings is 1. The molecular formula is C22H30N4. The van der Waals surface area contributed by atoms with E-state index in [2.05, 4.69) is 103 Å². The molecule has 2 heterocycles. The normalized spacial score (nSPS) is 21.2. The first-order valence-corrected chi connectivity index (χ1v) is 9.61. The van der Waals surface area contributed by atoms with Crippen molar-refractivity contribution in [3.8, 4) is 11.3 Å². The van der Waals surface area contributed by atoms with Crippen LogP contribution in [0, 0.1) is 0 Å². The lowest BCUT2D eigenvalue weighted by Gasteiger charge is -2.34. The van der Waals surface area contributed by atoms with Gasteiger partial charge in [-0.15, -0.1) is 5.10 Å². The predicted molar refractivity (Wildman–Crippen MR) is 108 cm³/mol. The second-order valence-corrected chi connectivity index (χ2v) is 7.31. The molecule has 0 aliphatic carbocycles. The Morgan fingerprint density at radius 3 is 2.69 bits per heavy atom. The number of fused-ring (bicyclic) bond motifs is 3. The second-order valence-electron chi connectivity index (χ2n) is 7.31. The van der Waals surface area contributed by atoms with Crippen LogP contribution in [0.2, 0.25) is 0 Å². The van der Waals surface area contributed by atoms with E-state index >= 15 is 0 Å². The van der Waals surface area contributed by atoms with Crippen LogP contribution in [0.1, 0.15) is 57.3 Å². The lowest BCUT2D eigenvalue weighted by atomic mass is 9.87. The van der Waals surface area contributed by atoms with Gasteiger partial charge in [0.1, 0.15) is 5.69 Å². The third-order valence-corrected chi connectivity index (χ3v) is 5.07. The van der Waals surface area contributed by atoms with Crippen LogP contribution in [0.4, 0.5) is 0 Å². The second kappa shape index (κ2) is 8.00. The molecule has 1 aliphatic rings. The molecule has 0 saturated heterocycles. The van der Waals surface area contributed by atoms with E-state index in [1.807, 2.05) is 0 Å². The summed E-state index contributed by atoms with van der Waals surface area (Å²) in [4.78, 5) is 2.43. The van der Waals surface area contributed by atoms with Gasteiger partial charge in [-0.25, -0.2) is 4.68 Å². The molecule has 0 radical (unpaired) electrons. The van der Waals surface area contributed by atoms with Gasteiger partial charge in [-0.05, 0) is 39.8 Å². The van der Waals surface area contributed by atoms with Crippen molar-refractivity contribution in [3.05, 3.63) is 59.8 Å². The first kappa shape index (κ1) is 18.6. The van der Waals surface area contributed by atoms with Crippen molar-refractivity contribution in [2.75, 3.05) is 7.05 Å². The number of allylic oxidation sites excluding steroid dienone is 2. The molecular weight excluding hydrogens is 320 g/mol. The molecule has 2 aromatic rings. The molecule has 4 nitrogen and oxygen atoms in total. The quantitative estimate of drug-likeness (QED) is 0.730. The third kappa shape index (κ3) is 3.38. The molecule has 26 heavy (non-hydrogen) atoms. The van der Waals surface area contributed by atoms with Crippen LogP contribution < -0.4 is 0 Å². The summed E-state index contributed by atoms with van der Waals surface area (Å²) in [5.74, 6) is 0.219. The number of rotatable bonds is 4. The van der Waals surface area contributed by atoms with Gasteiger partial charge in [0.25, 0.3) is 0 Å². The van der Waals surface area contributed by atoms with Gasteiger partial charge in [0.15, 0.2) is 0 Å². The zero-order valence-corrected chi connectivity index (χ0v) is 16.6. The summed E-state index contributed by atoms with van der Waals surface area (Å²) in [6.07, 6.45) is 10.1. The molecule has 1 aromatic carbocycles. The van der Waals surface area contributed by atoms with Crippen LogP contribution in [-0.4, -0.2) is 33.0 Å². The number of hydrogen-bond donors (Lipinski definition) is 0. The number of hydrogen-bond acceptors (Lipinski definition) is 3. The van der Waals surface area contributed by atoms with Crippen molar-refractivity contribution in [2.24, 2.45) is 0 Å². The number of likely N-dealkylation sites (N-methyl/N-ethyl adjacent to an activating group) is 1. The van der Waals surface area contributed by atoms with Crippen LogP contribution in [0.25, 0.3) is 11.3 Å². The Kier molecular flexibility index (Phi) is 5.72. The average Bonchev–Trinajstić information content (AvgIpc) is 3.05. The average molecular weight is 351 g/mol. The van der Waals surface area contributed by atoms with Crippen molar-refractivity contribution in [2.45, 2.75) is 58.7 Å². The Labute approximate surface area is 157 Å².